The monoisotopic (exact) mass is 389 g/mol. The Morgan fingerprint density at radius 2 is 2.05 bits per heavy atom. The van der Waals surface area contributed by atoms with E-state index in [9.17, 15) is 0 Å². The summed E-state index contributed by atoms with van der Waals surface area (Å²) in [5.74, 6) is 1.00. The summed E-state index contributed by atoms with van der Waals surface area (Å²) in [4.78, 5) is 1.65. The molecule has 0 bridgehead atoms. The Morgan fingerprint density at radius 1 is 1.26 bits per heavy atom. The summed E-state index contributed by atoms with van der Waals surface area (Å²) in [6.07, 6.45) is 11.1. The van der Waals surface area contributed by atoms with E-state index in [4.69, 9.17) is 0 Å². The molecule has 0 amide bonds. The Bertz CT molecular complexity index is 420. The largest absolute Gasteiger partial charge is 0.307 e. The topological polar surface area (TPSA) is 12.0 Å². The van der Waals surface area contributed by atoms with Gasteiger partial charge in [-0.1, -0.05) is 13.3 Å². The molecule has 19 heavy (non-hydrogen) atoms. The minimum Gasteiger partial charge on any atom is -0.307 e. The van der Waals surface area contributed by atoms with E-state index in [1.165, 1.54) is 54.3 Å². The van der Waals surface area contributed by atoms with E-state index >= 15 is 0 Å². The van der Waals surface area contributed by atoms with Gasteiger partial charge in [0.15, 0.2) is 0 Å². The maximum atomic E-state index is 3.98. The first kappa shape index (κ1) is 14.3. The zero-order valence-electron chi connectivity index (χ0n) is 11.8. The van der Waals surface area contributed by atoms with Gasteiger partial charge in [-0.05, 0) is 85.1 Å². The molecule has 2 aliphatic rings. The van der Waals surface area contributed by atoms with Gasteiger partial charge >= 0.3 is 0 Å². The maximum absolute atomic E-state index is 3.98. The van der Waals surface area contributed by atoms with Crippen molar-refractivity contribution in [3.63, 3.8) is 0 Å². The molecule has 0 radical (unpaired) electrons. The molecule has 2 aliphatic carbocycles. The molecule has 0 aromatic carbocycles. The van der Waals surface area contributed by atoms with Crippen molar-refractivity contribution in [3.8, 4) is 0 Å². The lowest BCUT2D eigenvalue weighted by Gasteiger charge is -2.33. The first-order valence-corrected chi connectivity index (χ1v) is 9.70. The number of halogens is 1. The number of thiophene rings is 1. The van der Waals surface area contributed by atoms with Gasteiger partial charge in [-0.25, -0.2) is 0 Å². The first-order valence-electron chi connectivity index (χ1n) is 7.80. The lowest BCUT2D eigenvalue weighted by molar-refractivity contribution is 0.262. The number of nitrogens with one attached hydrogen (secondary N) is 1. The van der Waals surface area contributed by atoms with Gasteiger partial charge in [0.05, 0.1) is 2.88 Å². The number of hydrogen-bond donors (Lipinski definition) is 1. The summed E-state index contributed by atoms with van der Waals surface area (Å²) < 4.78 is 1.46. The Hall–Kier alpha value is 0.390. The normalized spacial score (nSPS) is 31.2. The van der Waals surface area contributed by atoms with Crippen molar-refractivity contribution >= 4 is 33.9 Å². The molecule has 106 valence electrons. The van der Waals surface area contributed by atoms with E-state index in [1.807, 2.05) is 11.3 Å². The smallest absolute Gasteiger partial charge is 0.0659 e. The maximum Gasteiger partial charge on any atom is 0.0659 e. The first-order chi connectivity index (χ1) is 9.26. The van der Waals surface area contributed by atoms with E-state index in [-0.39, 0.29) is 0 Å². The van der Waals surface area contributed by atoms with Gasteiger partial charge in [0.2, 0.25) is 0 Å². The third-order valence-electron chi connectivity index (χ3n) is 4.94. The molecular formula is C16H24INS. The van der Waals surface area contributed by atoms with Crippen molar-refractivity contribution in [2.75, 3.05) is 0 Å². The van der Waals surface area contributed by atoms with Gasteiger partial charge in [-0.3, -0.25) is 0 Å². The molecule has 1 nitrogen and oxygen atoms in total. The summed E-state index contributed by atoms with van der Waals surface area (Å²) in [5.41, 5.74) is 1.62. The third kappa shape index (κ3) is 3.35. The molecule has 3 heteroatoms. The van der Waals surface area contributed by atoms with Crippen LogP contribution >= 0.6 is 33.9 Å². The molecule has 0 aliphatic heterocycles. The second-order valence-electron chi connectivity index (χ2n) is 6.17. The van der Waals surface area contributed by atoms with Crippen LogP contribution in [0, 0.1) is 8.80 Å². The molecule has 0 spiro atoms. The summed E-state index contributed by atoms with van der Waals surface area (Å²) in [6.45, 7) is 2.35. The van der Waals surface area contributed by atoms with Crippen LogP contribution in [0.25, 0.3) is 0 Å². The molecule has 1 unspecified atom stereocenters. The fourth-order valence-corrected chi connectivity index (χ4v) is 5.84. The zero-order valence-corrected chi connectivity index (χ0v) is 14.7. The highest BCUT2D eigenvalue weighted by Gasteiger charge is 2.27. The summed E-state index contributed by atoms with van der Waals surface area (Å²) >= 11 is 4.49. The lowest BCUT2D eigenvalue weighted by Crippen LogP contribution is -2.37. The van der Waals surface area contributed by atoms with Gasteiger partial charge < -0.3 is 5.32 Å². The van der Waals surface area contributed by atoms with Crippen molar-refractivity contribution in [2.24, 2.45) is 5.92 Å². The number of rotatable bonds is 3. The number of hydrogen-bond acceptors (Lipinski definition) is 2. The minimum atomic E-state index is 0.645. The van der Waals surface area contributed by atoms with Crippen LogP contribution in [-0.2, 0) is 6.42 Å². The molecule has 0 saturated heterocycles. The Morgan fingerprint density at radius 3 is 2.79 bits per heavy atom. The quantitative estimate of drug-likeness (QED) is 0.693. The van der Waals surface area contributed by atoms with Gasteiger partial charge in [0.25, 0.3) is 0 Å². The van der Waals surface area contributed by atoms with Crippen LogP contribution in [0.4, 0.5) is 0 Å². The van der Waals surface area contributed by atoms with Crippen molar-refractivity contribution < 1.29 is 0 Å². The van der Waals surface area contributed by atoms with Crippen molar-refractivity contribution in [3.05, 3.63) is 19.4 Å². The van der Waals surface area contributed by atoms with Crippen LogP contribution in [0.5, 0.6) is 0 Å². The predicted molar refractivity (Wildman–Crippen MR) is 91.9 cm³/mol. The molecule has 3 rings (SSSR count). The van der Waals surface area contributed by atoms with Crippen LogP contribution in [0.3, 0.4) is 0 Å². The molecule has 1 fully saturated rings. The van der Waals surface area contributed by atoms with Crippen LogP contribution in [0.1, 0.15) is 68.4 Å². The molecule has 1 N–H and O–H groups in total. The van der Waals surface area contributed by atoms with Crippen LogP contribution < -0.4 is 5.32 Å². The van der Waals surface area contributed by atoms with Gasteiger partial charge in [0, 0.05) is 17.0 Å². The standard InChI is InChI=1S/C16H24INS/c1-2-11-6-8-12(9-7-11)18-14-4-3-5-15-13(14)10-16(17)19-15/h10-12,14,18H,2-9H2,1H3. The van der Waals surface area contributed by atoms with E-state index in [0.717, 1.165) is 12.0 Å². The van der Waals surface area contributed by atoms with Crippen LogP contribution in [0.15, 0.2) is 6.07 Å². The van der Waals surface area contributed by atoms with Crippen molar-refractivity contribution in [1.29, 1.82) is 0 Å². The second-order valence-corrected chi connectivity index (χ2v) is 9.20. The van der Waals surface area contributed by atoms with Crippen LogP contribution in [-0.4, -0.2) is 6.04 Å². The van der Waals surface area contributed by atoms with E-state index < -0.39 is 0 Å². The van der Waals surface area contributed by atoms with Gasteiger partial charge in [0.1, 0.15) is 0 Å². The highest BCUT2D eigenvalue weighted by atomic mass is 127. The van der Waals surface area contributed by atoms with Crippen molar-refractivity contribution in [2.45, 2.75) is 70.4 Å². The highest BCUT2D eigenvalue weighted by Crippen LogP contribution is 2.37. The summed E-state index contributed by atoms with van der Waals surface area (Å²) in [5, 5.41) is 3.98. The Balaban J connectivity index is 1.62. The van der Waals surface area contributed by atoms with Gasteiger partial charge in [-0.2, -0.15) is 0 Å². The number of fused-ring (bicyclic) bond motifs is 1. The molecule has 1 heterocycles. The van der Waals surface area contributed by atoms with E-state index in [2.05, 4.69) is 40.9 Å². The lowest BCUT2D eigenvalue weighted by atomic mass is 9.83. The fraction of sp³-hybridized carbons (Fsp3) is 0.750. The van der Waals surface area contributed by atoms with E-state index in [0.29, 0.717) is 6.04 Å². The second kappa shape index (κ2) is 6.44. The average molecular weight is 389 g/mol. The Kier molecular flexibility index (Phi) is 4.86. The highest BCUT2D eigenvalue weighted by molar-refractivity contribution is 14.1. The third-order valence-corrected chi connectivity index (χ3v) is 6.92. The fourth-order valence-electron chi connectivity index (χ4n) is 3.72. The van der Waals surface area contributed by atoms with Gasteiger partial charge in [-0.15, -0.1) is 11.3 Å². The van der Waals surface area contributed by atoms with Crippen molar-refractivity contribution in [1.82, 2.24) is 5.32 Å². The molecule has 1 aromatic rings. The Labute approximate surface area is 134 Å². The van der Waals surface area contributed by atoms with E-state index in [1.54, 1.807) is 10.4 Å². The minimum absolute atomic E-state index is 0.645. The average Bonchev–Trinajstić information content (AvgIpc) is 2.81. The molecule has 1 aromatic heterocycles. The zero-order chi connectivity index (χ0) is 13.2. The SMILES string of the molecule is CCC1CCC(NC2CCCc3sc(I)cc32)CC1. The molecular weight excluding hydrogens is 365 g/mol. The summed E-state index contributed by atoms with van der Waals surface area (Å²) in [7, 11) is 0. The predicted octanol–water partition coefficient (Wildman–Crippen LogP) is 5.29. The summed E-state index contributed by atoms with van der Waals surface area (Å²) in [6, 6.07) is 3.85. The molecule has 1 saturated carbocycles. The van der Waals surface area contributed by atoms with Crippen LogP contribution in [0.2, 0.25) is 0 Å². The molecule has 1 atom stereocenters. The number of aryl methyl sites for hydroxylation is 1.